The second kappa shape index (κ2) is 7.50. The van der Waals surface area contributed by atoms with E-state index in [1.807, 2.05) is 13.0 Å². The van der Waals surface area contributed by atoms with Crippen molar-refractivity contribution in [1.82, 2.24) is 19.6 Å². The summed E-state index contributed by atoms with van der Waals surface area (Å²) in [5.41, 5.74) is 5.15. The van der Waals surface area contributed by atoms with E-state index in [1.54, 1.807) is 4.90 Å². The molecule has 1 amide bonds. The number of fused-ring (bicyclic) bond motifs is 1. The van der Waals surface area contributed by atoms with Crippen LogP contribution in [0, 0.1) is 0 Å². The number of rotatable bonds is 4. The van der Waals surface area contributed by atoms with E-state index < -0.39 is 0 Å². The fourth-order valence-corrected chi connectivity index (χ4v) is 3.94. The van der Waals surface area contributed by atoms with Gasteiger partial charge in [0, 0.05) is 38.4 Å². The first-order valence-corrected chi connectivity index (χ1v) is 9.55. The highest BCUT2D eigenvalue weighted by atomic mass is 16.6. The van der Waals surface area contributed by atoms with Gasteiger partial charge in [-0.15, -0.1) is 0 Å². The van der Waals surface area contributed by atoms with E-state index in [4.69, 9.17) is 9.84 Å². The maximum Gasteiger partial charge on any atom is 0.409 e. The second-order valence-electron chi connectivity index (χ2n) is 6.93. The molecule has 0 atom stereocenters. The van der Waals surface area contributed by atoms with Crippen molar-refractivity contribution in [1.29, 1.82) is 0 Å². The van der Waals surface area contributed by atoms with Gasteiger partial charge in [0.15, 0.2) is 0 Å². The summed E-state index contributed by atoms with van der Waals surface area (Å²) in [6, 6.07) is 10.4. The molecule has 6 heteroatoms. The molecule has 1 aromatic heterocycles. The highest BCUT2D eigenvalue weighted by Crippen LogP contribution is 2.28. The van der Waals surface area contributed by atoms with Crippen LogP contribution in [-0.4, -0.2) is 58.5 Å². The molecule has 0 spiro atoms. The number of hydrogen-bond donors (Lipinski definition) is 0. The molecule has 2 aromatic rings. The molecular weight excluding hydrogens is 328 g/mol. The van der Waals surface area contributed by atoms with Gasteiger partial charge in [-0.1, -0.05) is 18.2 Å². The van der Waals surface area contributed by atoms with Crippen molar-refractivity contribution < 1.29 is 9.53 Å². The molecule has 1 aliphatic carbocycles. The van der Waals surface area contributed by atoms with Crippen molar-refractivity contribution in [3.8, 4) is 5.69 Å². The Morgan fingerprint density at radius 2 is 1.88 bits per heavy atom. The molecule has 1 aromatic carbocycles. The van der Waals surface area contributed by atoms with E-state index in [9.17, 15) is 4.79 Å². The molecule has 0 radical (unpaired) electrons. The van der Waals surface area contributed by atoms with Crippen molar-refractivity contribution >= 4 is 6.09 Å². The van der Waals surface area contributed by atoms with Gasteiger partial charge in [-0.05, 0) is 43.9 Å². The van der Waals surface area contributed by atoms with Gasteiger partial charge in [0.2, 0.25) is 0 Å². The first-order valence-electron chi connectivity index (χ1n) is 9.55. The Balaban J connectivity index is 1.46. The van der Waals surface area contributed by atoms with Crippen LogP contribution < -0.4 is 0 Å². The van der Waals surface area contributed by atoms with Crippen molar-refractivity contribution in [2.45, 2.75) is 32.7 Å². The predicted molar refractivity (Wildman–Crippen MR) is 99.5 cm³/mol. The lowest BCUT2D eigenvalue weighted by molar-refractivity contribution is 0.0774. The first kappa shape index (κ1) is 17.1. The Morgan fingerprint density at radius 1 is 1.12 bits per heavy atom. The average Bonchev–Trinajstić information content (AvgIpc) is 3.27. The summed E-state index contributed by atoms with van der Waals surface area (Å²) >= 11 is 0. The molecule has 6 nitrogen and oxygen atoms in total. The van der Waals surface area contributed by atoms with E-state index in [2.05, 4.69) is 33.8 Å². The number of hydrogen-bond acceptors (Lipinski definition) is 4. The smallest absolute Gasteiger partial charge is 0.409 e. The zero-order valence-corrected chi connectivity index (χ0v) is 15.4. The largest absolute Gasteiger partial charge is 0.450 e. The lowest BCUT2D eigenvalue weighted by atomic mass is 10.2. The maximum atomic E-state index is 11.8. The molecule has 0 N–H and O–H groups in total. The van der Waals surface area contributed by atoms with Crippen LogP contribution >= 0.6 is 0 Å². The Kier molecular flexibility index (Phi) is 4.93. The summed E-state index contributed by atoms with van der Waals surface area (Å²) in [4.78, 5) is 16.0. The predicted octanol–water partition coefficient (Wildman–Crippen LogP) is 2.64. The number of piperazine rings is 1. The molecule has 0 saturated carbocycles. The molecule has 2 aliphatic rings. The molecule has 26 heavy (non-hydrogen) atoms. The summed E-state index contributed by atoms with van der Waals surface area (Å²) < 4.78 is 7.23. The Hall–Kier alpha value is -2.34. The maximum absolute atomic E-state index is 11.8. The van der Waals surface area contributed by atoms with Gasteiger partial charge in [-0.25, -0.2) is 9.48 Å². The van der Waals surface area contributed by atoms with Crippen LogP contribution in [0.2, 0.25) is 0 Å². The SMILES string of the molecule is CCOC(=O)N1CCN(Cc2nn(-c3ccccc3)c3c2CCC3)CC1. The molecule has 0 unspecified atom stereocenters. The molecule has 4 rings (SSSR count). The zero-order valence-electron chi connectivity index (χ0n) is 15.4. The molecule has 1 aliphatic heterocycles. The number of nitrogens with zero attached hydrogens (tertiary/aromatic N) is 4. The first-order chi connectivity index (χ1) is 12.8. The third-order valence-electron chi connectivity index (χ3n) is 5.29. The van der Waals surface area contributed by atoms with E-state index in [1.165, 1.54) is 23.4 Å². The summed E-state index contributed by atoms with van der Waals surface area (Å²) in [5, 5.41) is 4.95. The van der Waals surface area contributed by atoms with Gasteiger partial charge in [0.25, 0.3) is 0 Å². The summed E-state index contributed by atoms with van der Waals surface area (Å²) in [7, 11) is 0. The molecular formula is C20H26N4O2. The van der Waals surface area contributed by atoms with Crippen LogP contribution in [0.25, 0.3) is 5.69 Å². The van der Waals surface area contributed by atoms with Crippen LogP contribution in [0.4, 0.5) is 4.79 Å². The van der Waals surface area contributed by atoms with Gasteiger partial charge in [0.1, 0.15) is 0 Å². The minimum atomic E-state index is -0.193. The Bertz CT molecular complexity index is 764. The molecule has 1 fully saturated rings. The quantitative estimate of drug-likeness (QED) is 0.847. The number of aromatic nitrogens is 2. The summed E-state index contributed by atoms with van der Waals surface area (Å²) in [6.45, 7) is 6.32. The van der Waals surface area contributed by atoms with Gasteiger partial charge in [0.05, 0.1) is 18.0 Å². The number of amides is 1. The van der Waals surface area contributed by atoms with Crippen molar-refractivity contribution in [3.63, 3.8) is 0 Å². The lowest BCUT2D eigenvalue weighted by Crippen LogP contribution is -2.48. The normalized spacial score (nSPS) is 17.3. The van der Waals surface area contributed by atoms with E-state index in [-0.39, 0.29) is 6.09 Å². The Labute approximate surface area is 154 Å². The van der Waals surface area contributed by atoms with Crippen LogP contribution in [0.1, 0.15) is 30.3 Å². The molecule has 0 bridgehead atoms. The van der Waals surface area contributed by atoms with Crippen LogP contribution in [0.5, 0.6) is 0 Å². The minimum Gasteiger partial charge on any atom is -0.450 e. The third kappa shape index (κ3) is 3.33. The summed E-state index contributed by atoms with van der Waals surface area (Å²) in [6.07, 6.45) is 3.25. The highest BCUT2D eigenvalue weighted by molar-refractivity contribution is 5.67. The van der Waals surface area contributed by atoms with Crippen molar-refractivity contribution in [3.05, 3.63) is 47.3 Å². The highest BCUT2D eigenvalue weighted by Gasteiger charge is 2.27. The van der Waals surface area contributed by atoms with Gasteiger partial charge in [-0.3, -0.25) is 4.90 Å². The van der Waals surface area contributed by atoms with Crippen molar-refractivity contribution in [2.75, 3.05) is 32.8 Å². The number of ether oxygens (including phenoxy) is 1. The fourth-order valence-electron chi connectivity index (χ4n) is 3.94. The lowest BCUT2D eigenvalue weighted by Gasteiger charge is -2.33. The van der Waals surface area contributed by atoms with E-state index in [0.29, 0.717) is 6.61 Å². The van der Waals surface area contributed by atoms with Gasteiger partial charge < -0.3 is 9.64 Å². The summed E-state index contributed by atoms with van der Waals surface area (Å²) in [5.74, 6) is 0. The standard InChI is InChI=1S/C20H26N4O2/c1-2-26-20(25)23-13-11-22(12-14-23)15-18-17-9-6-10-19(17)24(21-18)16-7-4-3-5-8-16/h3-5,7-8H,2,6,9-15H2,1H3. The second-order valence-corrected chi connectivity index (χ2v) is 6.93. The van der Waals surface area contributed by atoms with Crippen LogP contribution in [-0.2, 0) is 24.1 Å². The number of carbonyl (C=O) groups is 1. The third-order valence-corrected chi connectivity index (χ3v) is 5.29. The average molecular weight is 354 g/mol. The minimum absolute atomic E-state index is 0.193. The van der Waals surface area contributed by atoms with Crippen LogP contribution in [0.15, 0.2) is 30.3 Å². The monoisotopic (exact) mass is 354 g/mol. The molecule has 138 valence electrons. The zero-order chi connectivity index (χ0) is 17.9. The number of benzene rings is 1. The van der Waals surface area contributed by atoms with Gasteiger partial charge in [-0.2, -0.15) is 5.10 Å². The number of para-hydroxylation sites is 1. The topological polar surface area (TPSA) is 50.6 Å². The molecule has 2 heterocycles. The van der Waals surface area contributed by atoms with E-state index in [0.717, 1.165) is 51.3 Å². The molecule has 1 saturated heterocycles. The van der Waals surface area contributed by atoms with Crippen molar-refractivity contribution in [2.24, 2.45) is 0 Å². The van der Waals surface area contributed by atoms with Gasteiger partial charge >= 0.3 is 6.09 Å². The number of carbonyl (C=O) groups excluding carboxylic acids is 1. The van der Waals surface area contributed by atoms with Crippen LogP contribution in [0.3, 0.4) is 0 Å². The Morgan fingerprint density at radius 3 is 2.62 bits per heavy atom. The van der Waals surface area contributed by atoms with E-state index >= 15 is 0 Å². The fraction of sp³-hybridized carbons (Fsp3) is 0.500.